The highest BCUT2D eigenvalue weighted by atomic mass is 35.5. The van der Waals surface area contributed by atoms with Gasteiger partial charge in [-0.05, 0) is 60.9 Å². The van der Waals surface area contributed by atoms with Gasteiger partial charge in [-0.1, -0.05) is 13.0 Å². The fraction of sp³-hybridized carbons (Fsp3) is 0.588. The average Bonchev–Trinajstić information content (AvgIpc) is 3.11. The monoisotopic (exact) mass is 340 g/mol. The first kappa shape index (κ1) is 17.6. The predicted molar refractivity (Wildman–Crippen MR) is 94.8 cm³/mol. The van der Waals surface area contributed by atoms with E-state index in [1.54, 1.807) is 11.8 Å². The predicted octanol–water partition coefficient (Wildman–Crippen LogP) is 2.89. The maximum Gasteiger partial charge on any atom is 0.232 e. The number of hydrogen-bond donors (Lipinski definition) is 1. The van der Waals surface area contributed by atoms with Crippen LogP contribution in [0.2, 0.25) is 0 Å². The van der Waals surface area contributed by atoms with E-state index in [0.29, 0.717) is 12.3 Å². The number of fused-ring (bicyclic) bond motifs is 1. The zero-order chi connectivity index (χ0) is 14.9. The Morgan fingerprint density at radius 3 is 2.86 bits per heavy atom. The van der Waals surface area contributed by atoms with Crippen LogP contribution in [-0.4, -0.2) is 36.2 Å². The van der Waals surface area contributed by atoms with Gasteiger partial charge < -0.3 is 10.6 Å². The number of likely N-dealkylation sites (tertiary alicyclic amines) is 1. The Labute approximate surface area is 143 Å². The molecule has 0 bridgehead atoms. The number of nitrogens with zero attached hydrogens (tertiary/aromatic N) is 1. The van der Waals surface area contributed by atoms with Crippen molar-refractivity contribution in [1.82, 2.24) is 4.90 Å². The molecule has 0 spiro atoms. The quantitative estimate of drug-likeness (QED) is 0.857. The molecule has 1 heterocycles. The summed E-state index contributed by atoms with van der Waals surface area (Å²) < 4.78 is 0. The number of amides is 1. The van der Waals surface area contributed by atoms with Crippen molar-refractivity contribution in [2.45, 2.75) is 37.5 Å². The zero-order valence-corrected chi connectivity index (χ0v) is 14.8. The molecule has 1 amide bonds. The van der Waals surface area contributed by atoms with E-state index in [9.17, 15) is 4.79 Å². The van der Waals surface area contributed by atoms with Gasteiger partial charge in [-0.3, -0.25) is 4.79 Å². The Kier molecular flexibility index (Phi) is 5.81. The largest absolute Gasteiger partial charge is 0.341 e. The van der Waals surface area contributed by atoms with Gasteiger partial charge in [0.25, 0.3) is 0 Å². The van der Waals surface area contributed by atoms with Crippen molar-refractivity contribution < 1.29 is 4.79 Å². The first-order valence-corrected chi connectivity index (χ1v) is 8.81. The molecule has 1 aliphatic carbocycles. The maximum absolute atomic E-state index is 12.3. The molecule has 3 rings (SSSR count). The van der Waals surface area contributed by atoms with Crippen molar-refractivity contribution in [3.63, 3.8) is 0 Å². The Balaban J connectivity index is 0.00000176. The third kappa shape index (κ3) is 3.79. The average molecular weight is 341 g/mol. The van der Waals surface area contributed by atoms with E-state index in [2.05, 4.69) is 25.1 Å². The number of hydrogen-bond acceptors (Lipinski definition) is 3. The molecular weight excluding hydrogens is 316 g/mol. The number of halogens is 1. The molecule has 1 saturated heterocycles. The zero-order valence-electron chi connectivity index (χ0n) is 13.1. The van der Waals surface area contributed by atoms with Gasteiger partial charge in [0, 0.05) is 18.0 Å². The third-order valence-electron chi connectivity index (χ3n) is 4.84. The molecule has 122 valence electrons. The lowest BCUT2D eigenvalue weighted by Gasteiger charge is -2.22. The summed E-state index contributed by atoms with van der Waals surface area (Å²) in [7, 11) is 0. The van der Waals surface area contributed by atoms with Crippen LogP contribution in [0.25, 0.3) is 0 Å². The molecule has 5 heteroatoms. The van der Waals surface area contributed by atoms with E-state index in [1.165, 1.54) is 35.3 Å². The van der Waals surface area contributed by atoms with Gasteiger partial charge in [0.1, 0.15) is 0 Å². The summed E-state index contributed by atoms with van der Waals surface area (Å²) >= 11 is 1.67. The lowest BCUT2D eigenvalue weighted by Crippen LogP contribution is -2.35. The van der Waals surface area contributed by atoms with Crippen LogP contribution < -0.4 is 5.73 Å². The topological polar surface area (TPSA) is 46.3 Å². The molecule has 2 aliphatic rings. The van der Waals surface area contributed by atoms with Gasteiger partial charge in [-0.25, -0.2) is 0 Å². The van der Waals surface area contributed by atoms with Crippen molar-refractivity contribution in [3.8, 4) is 0 Å². The first-order chi connectivity index (χ1) is 10.1. The normalized spacial score (nSPS) is 23.3. The number of rotatable bonds is 4. The van der Waals surface area contributed by atoms with Crippen molar-refractivity contribution in [1.29, 1.82) is 0 Å². The number of nitrogens with two attached hydrogens (primary N) is 1. The van der Waals surface area contributed by atoms with Crippen LogP contribution in [0.15, 0.2) is 23.1 Å². The molecule has 0 aromatic heterocycles. The van der Waals surface area contributed by atoms with Crippen LogP contribution in [0, 0.1) is 5.41 Å². The van der Waals surface area contributed by atoms with E-state index in [1.807, 2.05) is 4.90 Å². The van der Waals surface area contributed by atoms with Crippen molar-refractivity contribution in [2.24, 2.45) is 11.1 Å². The Bertz CT molecular complexity index is 551. The highest BCUT2D eigenvalue weighted by Gasteiger charge is 2.34. The molecule has 0 radical (unpaired) electrons. The van der Waals surface area contributed by atoms with Crippen molar-refractivity contribution in [2.75, 3.05) is 25.4 Å². The lowest BCUT2D eigenvalue weighted by molar-refractivity contribution is -0.127. The molecule has 0 saturated carbocycles. The molecular formula is C17H25ClN2OS. The highest BCUT2D eigenvalue weighted by molar-refractivity contribution is 8.00. The van der Waals surface area contributed by atoms with Crippen LogP contribution in [0.5, 0.6) is 0 Å². The molecule has 2 N–H and O–H groups in total. The minimum Gasteiger partial charge on any atom is -0.341 e. The number of aryl methyl sites for hydroxylation is 2. The fourth-order valence-corrected chi connectivity index (χ4v) is 4.14. The van der Waals surface area contributed by atoms with E-state index in [4.69, 9.17) is 5.73 Å². The molecule has 22 heavy (non-hydrogen) atoms. The van der Waals surface area contributed by atoms with E-state index in [0.717, 1.165) is 19.5 Å². The van der Waals surface area contributed by atoms with Gasteiger partial charge in [0.15, 0.2) is 0 Å². The Morgan fingerprint density at radius 2 is 2.14 bits per heavy atom. The van der Waals surface area contributed by atoms with E-state index in [-0.39, 0.29) is 23.7 Å². The number of benzene rings is 1. The SMILES string of the molecule is CC1(CN)CCN(C(=O)CSc2ccc3c(c2)CCC3)C1.Cl. The van der Waals surface area contributed by atoms with Gasteiger partial charge in [0.05, 0.1) is 5.75 Å². The van der Waals surface area contributed by atoms with Gasteiger partial charge in [-0.15, -0.1) is 24.2 Å². The van der Waals surface area contributed by atoms with Crippen molar-refractivity contribution >= 4 is 30.1 Å². The molecule has 1 aromatic rings. The summed E-state index contributed by atoms with van der Waals surface area (Å²) in [4.78, 5) is 15.5. The molecule has 3 nitrogen and oxygen atoms in total. The number of thioether (sulfide) groups is 1. The highest BCUT2D eigenvalue weighted by Crippen LogP contribution is 2.30. The summed E-state index contributed by atoms with van der Waals surface area (Å²) in [5.74, 6) is 0.789. The minimum atomic E-state index is 0. The van der Waals surface area contributed by atoms with Gasteiger partial charge in [-0.2, -0.15) is 0 Å². The molecule has 1 aliphatic heterocycles. The molecule has 1 unspecified atom stereocenters. The van der Waals surface area contributed by atoms with Crippen LogP contribution in [0.3, 0.4) is 0 Å². The van der Waals surface area contributed by atoms with Crippen LogP contribution >= 0.6 is 24.2 Å². The first-order valence-electron chi connectivity index (χ1n) is 7.82. The summed E-state index contributed by atoms with van der Waals surface area (Å²) in [6.45, 7) is 4.51. The van der Waals surface area contributed by atoms with E-state index < -0.39 is 0 Å². The minimum absolute atomic E-state index is 0. The molecule has 1 fully saturated rings. The van der Waals surface area contributed by atoms with Crippen LogP contribution in [0.1, 0.15) is 30.9 Å². The third-order valence-corrected chi connectivity index (χ3v) is 5.81. The smallest absolute Gasteiger partial charge is 0.232 e. The fourth-order valence-electron chi connectivity index (χ4n) is 3.28. The standard InChI is InChI=1S/C17H24N2OS.ClH/c1-17(11-18)7-8-19(12-17)16(20)10-21-15-6-5-13-3-2-4-14(13)9-15;/h5-6,9H,2-4,7-8,10-12,18H2,1H3;1H. The van der Waals surface area contributed by atoms with Gasteiger partial charge >= 0.3 is 0 Å². The Morgan fingerprint density at radius 1 is 1.36 bits per heavy atom. The lowest BCUT2D eigenvalue weighted by atomic mass is 9.90. The summed E-state index contributed by atoms with van der Waals surface area (Å²) in [5.41, 5.74) is 8.89. The van der Waals surface area contributed by atoms with Crippen LogP contribution in [0.4, 0.5) is 0 Å². The Hall–Kier alpha value is -0.710. The van der Waals surface area contributed by atoms with Crippen LogP contribution in [-0.2, 0) is 17.6 Å². The van der Waals surface area contributed by atoms with Crippen molar-refractivity contribution in [3.05, 3.63) is 29.3 Å². The summed E-state index contributed by atoms with van der Waals surface area (Å²) in [6.07, 6.45) is 4.70. The van der Waals surface area contributed by atoms with Gasteiger partial charge in [0.2, 0.25) is 5.91 Å². The summed E-state index contributed by atoms with van der Waals surface area (Å²) in [5, 5.41) is 0. The molecule has 1 aromatic carbocycles. The molecule has 1 atom stereocenters. The number of carbonyl (C=O) groups excluding carboxylic acids is 1. The summed E-state index contributed by atoms with van der Waals surface area (Å²) in [6, 6.07) is 6.67. The van der Waals surface area contributed by atoms with E-state index >= 15 is 0 Å². The second-order valence-electron chi connectivity index (χ2n) is 6.65. The number of carbonyl (C=O) groups is 1. The maximum atomic E-state index is 12.3. The second kappa shape index (κ2) is 7.24. The second-order valence-corrected chi connectivity index (χ2v) is 7.70.